The second-order valence-electron chi connectivity index (χ2n) is 9.56. The molecule has 1 saturated carbocycles. The van der Waals surface area contributed by atoms with Crippen LogP contribution in [0.25, 0.3) is 10.9 Å². The zero-order valence-corrected chi connectivity index (χ0v) is 19.7. The minimum Gasteiger partial charge on any atom is -0.440 e. The van der Waals surface area contributed by atoms with Crippen LogP contribution in [0.1, 0.15) is 61.0 Å². The molecular formula is C26H31FN4O3. The van der Waals surface area contributed by atoms with E-state index in [2.05, 4.69) is 17.2 Å². The monoisotopic (exact) mass is 466 g/mol. The first-order valence-corrected chi connectivity index (χ1v) is 12.2. The number of fused-ring (bicyclic) bond motifs is 1. The second kappa shape index (κ2) is 9.25. The van der Waals surface area contributed by atoms with Gasteiger partial charge in [0.05, 0.1) is 5.52 Å². The number of halogens is 1. The molecule has 1 saturated heterocycles. The summed E-state index contributed by atoms with van der Waals surface area (Å²) in [6.07, 6.45) is 6.80. The topological polar surface area (TPSA) is 79.4 Å². The first-order chi connectivity index (χ1) is 16.4. The number of nitrogens with one attached hydrogen (secondary N) is 2. The number of benzene rings is 1. The van der Waals surface area contributed by atoms with E-state index >= 15 is 0 Å². The van der Waals surface area contributed by atoms with Crippen molar-refractivity contribution in [3.8, 4) is 11.6 Å². The molecule has 1 aliphatic heterocycles. The van der Waals surface area contributed by atoms with Crippen LogP contribution < -0.4 is 15.6 Å². The van der Waals surface area contributed by atoms with Crippen molar-refractivity contribution in [3.63, 3.8) is 0 Å². The van der Waals surface area contributed by atoms with Gasteiger partial charge in [0, 0.05) is 55.4 Å². The average Bonchev–Trinajstić information content (AvgIpc) is 3.14. The van der Waals surface area contributed by atoms with Gasteiger partial charge in [0.2, 0.25) is 11.4 Å². The Balaban J connectivity index is 1.73. The first kappa shape index (κ1) is 22.7. The quantitative estimate of drug-likeness (QED) is 0.593. The van der Waals surface area contributed by atoms with Gasteiger partial charge in [-0.25, -0.2) is 4.39 Å². The van der Waals surface area contributed by atoms with Crippen molar-refractivity contribution in [2.24, 2.45) is 0 Å². The predicted molar refractivity (Wildman–Crippen MR) is 129 cm³/mol. The second-order valence-corrected chi connectivity index (χ2v) is 9.56. The van der Waals surface area contributed by atoms with E-state index < -0.39 is 5.82 Å². The number of piperazine rings is 1. The summed E-state index contributed by atoms with van der Waals surface area (Å²) < 4.78 is 22.6. The third kappa shape index (κ3) is 4.22. The molecule has 3 heterocycles. The van der Waals surface area contributed by atoms with E-state index in [1.807, 2.05) is 16.4 Å². The summed E-state index contributed by atoms with van der Waals surface area (Å²) in [6.45, 7) is 5.78. The van der Waals surface area contributed by atoms with Gasteiger partial charge < -0.3 is 24.5 Å². The molecule has 2 aromatic heterocycles. The lowest BCUT2D eigenvalue weighted by Crippen LogP contribution is -2.51. The number of aromatic amines is 1. The maximum absolute atomic E-state index is 14.1. The van der Waals surface area contributed by atoms with Gasteiger partial charge in [-0.3, -0.25) is 9.59 Å². The zero-order valence-electron chi connectivity index (χ0n) is 19.7. The van der Waals surface area contributed by atoms with Gasteiger partial charge in [0.25, 0.3) is 5.91 Å². The molecule has 1 aliphatic carbocycles. The minimum absolute atomic E-state index is 0.102. The summed E-state index contributed by atoms with van der Waals surface area (Å²) in [7, 11) is 0. The standard InChI is InChI=1S/C26H31FN4O3/c1-16-8-9-18(27)12-22(16)34-26-24(25(33)30-11-10-28-17(2)15-30)20-14-29-23(32)13-21(20)31(26)19-6-4-3-5-7-19/h8-9,12-14,17,19,28H,3-7,10-11,15H2,1-2H3,(H,29,32)/t17-/m0/s1. The SMILES string of the molecule is Cc1ccc(F)cc1Oc1c(C(=O)N2CCN[C@@H](C)C2)c2c[nH]c(=O)cc2n1C1CCCCC1. The highest BCUT2D eigenvalue weighted by molar-refractivity contribution is 6.09. The van der Waals surface area contributed by atoms with E-state index in [9.17, 15) is 14.0 Å². The van der Waals surface area contributed by atoms with E-state index in [1.54, 1.807) is 18.3 Å². The molecule has 0 bridgehead atoms. The number of H-pyrrole nitrogens is 1. The third-order valence-corrected chi connectivity index (χ3v) is 7.03. The Hall–Kier alpha value is -3.13. The molecular weight excluding hydrogens is 435 g/mol. The normalized spacial score (nSPS) is 19.5. The number of carbonyl (C=O) groups excluding carboxylic acids is 1. The number of ether oxygens (including phenoxy) is 1. The molecule has 34 heavy (non-hydrogen) atoms. The summed E-state index contributed by atoms with van der Waals surface area (Å²) in [6, 6.07) is 6.24. The van der Waals surface area contributed by atoms with Gasteiger partial charge in [-0.1, -0.05) is 25.3 Å². The van der Waals surface area contributed by atoms with Crippen molar-refractivity contribution in [2.75, 3.05) is 19.6 Å². The minimum atomic E-state index is -0.403. The number of pyridine rings is 1. The van der Waals surface area contributed by atoms with Crippen LogP contribution in [-0.4, -0.2) is 46.0 Å². The van der Waals surface area contributed by atoms with Crippen molar-refractivity contribution in [3.05, 3.63) is 57.8 Å². The van der Waals surface area contributed by atoms with Crippen LogP contribution in [0, 0.1) is 12.7 Å². The van der Waals surface area contributed by atoms with E-state index in [1.165, 1.54) is 18.6 Å². The molecule has 0 spiro atoms. The van der Waals surface area contributed by atoms with Gasteiger partial charge >= 0.3 is 0 Å². The summed E-state index contributed by atoms with van der Waals surface area (Å²) in [5, 5.41) is 4.03. The Labute approximate surface area is 197 Å². The van der Waals surface area contributed by atoms with Crippen LogP contribution in [-0.2, 0) is 0 Å². The highest BCUT2D eigenvalue weighted by atomic mass is 19.1. The number of hydrogen-bond acceptors (Lipinski definition) is 4. The van der Waals surface area contributed by atoms with Gasteiger partial charge in [-0.2, -0.15) is 0 Å². The summed E-state index contributed by atoms with van der Waals surface area (Å²) >= 11 is 0. The zero-order chi connectivity index (χ0) is 23.8. The first-order valence-electron chi connectivity index (χ1n) is 12.2. The lowest BCUT2D eigenvalue weighted by molar-refractivity contribution is 0.0707. The van der Waals surface area contributed by atoms with Crippen molar-refractivity contribution < 1.29 is 13.9 Å². The Kier molecular flexibility index (Phi) is 6.16. The van der Waals surface area contributed by atoms with Gasteiger partial charge in [-0.05, 0) is 38.3 Å². The number of nitrogens with zero attached hydrogens (tertiary/aromatic N) is 2. The maximum atomic E-state index is 14.1. The fraction of sp³-hybridized carbons (Fsp3) is 0.462. The molecule has 8 heteroatoms. The highest BCUT2D eigenvalue weighted by Crippen LogP contribution is 2.42. The van der Waals surface area contributed by atoms with E-state index in [-0.39, 0.29) is 23.6 Å². The van der Waals surface area contributed by atoms with Crippen LogP contribution in [0.15, 0.2) is 35.3 Å². The van der Waals surface area contributed by atoms with Crippen LogP contribution in [0.2, 0.25) is 0 Å². The predicted octanol–water partition coefficient (Wildman–Crippen LogP) is 4.51. The smallest absolute Gasteiger partial charge is 0.260 e. The molecule has 2 aliphatic rings. The van der Waals surface area contributed by atoms with Crippen LogP contribution in [0.3, 0.4) is 0 Å². The largest absolute Gasteiger partial charge is 0.440 e. The molecule has 2 fully saturated rings. The molecule has 7 nitrogen and oxygen atoms in total. The number of aryl methyl sites for hydroxylation is 1. The fourth-order valence-corrected chi connectivity index (χ4v) is 5.28. The summed E-state index contributed by atoms with van der Waals surface area (Å²) in [5.74, 6) is 0.226. The number of rotatable bonds is 4. The molecule has 1 aromatic carbocycles. The lowest BCUT2D eigenvalue weighted by atomic mass is 9.95. The highest BCUT2D eigenvalue weighted by Gasteiger charge is 2.33. The van der Waals surface area contributed by atoms with Crippen LogP contribution in [0.4, 0.5) is 4.39 Å². The summed E-state index contributed by atoms with van der Waals surface area (Å²) in [4.78, 5) is 30.9. The third-order valence-electron chi connectivity index (χ3n) is 7.03. The molecule has 2 N–H and O–H groups in total. The lowest BCUT2D eigenvalue weighted by Gasteiger charge is -2.32. The number of amides is 1. The van der Waals surface area contributed by atoms with Crippen molar-refractivity contribution in [2.45, 2.75) is 58.0 Å². The molecule has 3 aromatic rings. The summed E-state index contributed by atoms with van der Waals surface area (Å²) in [5.41, 5.74) is 1.65. The molecule has 180 valence electrons. The van der Waals surface area contributed by atoms with Gasteiger partial charge in [0.15, 0.2) is 0 Å². The molecule has 0 radical (unpaired) electrons. The van der Waals surface area contributed by atoms with Gasteiger partial charge in [0.1, 0.15) is 17.1 Å². The fourth-order valence-electron chi connectivity index (χ4n) is 5.28. The van der Waals surface area contributed by atoms with Crippen LogP contribution >= 0.6 is 0 Å². The van der Waals surface area contributed by atoms with Crippen molar-refractivity contribution >= 4 is 16.8 Å². The van der Waals surface area contributed by atoms with Crippen molar-refractivity contribution in [1.82, 2.24) is 19.8 Å². The number of hydrogen-bond donors (Lipinski definition) is 2. The van der Waals surface area contributed by atoms with E-state index in [0.29, 0.717) is 47.7 Å². The van der Waals surface area contributed by atoms with Crippen molar-refractivity contribution in [1.29, 1.82) is 0 Å². The molecule has 0 unspecified atom stereocenters. The molecule has 1 amide bonds. The number of aromatic nitrogens is 2. The van der Waals surface area contributed by atoms with E-state index in [0.717, 1.165) is 31.2 Å². The maximum Gasteiger partial charge on any atom is 0.260 e. The van der Waals surface area contributed by atoms with Crippen LogP contribution in [0.5, 0.6) is 11.6 Å². The Morgan fingerprint density at radius 3 is 2.74 bits per heavy atom. The van der Waals surface area contributed by atoms with Gasteiger partial charge in [-0.15, -0.1) is 0 Å². The Morgan fingerprint density at radius 2 is 1.97 bits per heavy atom. The molecule has 5 rings (SSSR count). The Bertz CT molecular complexity index is 1280. The Morgan fingerprint density at radius 1 is 1.18 bits per heavy atom. The number of carbonyl (C=O) groups is 1. The average molecular weight is 467 g/mol. The molecule has 1 atom stereocenters. The van der Waals surface area contributed by atoms with E-state index in [4.69, 9.17) is 4.74 Å².